The smallest absolute Gasteiger partial charge is 0.261 e. The first kappa shape index (κ1) is 24.7. The van der Waals surface area contributed by atoms with E-state index in [-0.39, 0.29) is 29.2 Å². The maximum absolute atomic E-state index is 13.1. The van der Waals surface area contributed by atoms with Gasteiger partial charge in [0, 0.05) is 6.42 Å². The van der Waals surface area contributed by atoms with Crippen LogP contribution in [0.15, 0.2) is 60.7 Å². The Morgan fingerprint density at radius 1 is 1.00 bits per heavy atom. The predicted octanol–water partition coefficient (Wildman–Crippen LogP) is 2.82. The standard InChI is InChI=1S/C28H37NO5Si/c1-27(2,3)35(19-12-8-6-9-13-19,20-14-10-7-11-15-20)32-18-21-25-26(34-28(4,5)33-25)24-22(30)16-17-23(31)29(21)24/h6-15,21-22,24-26,30H,16-18H2,1-5H3/t21-,22-,24+,25-,26+/m0/s1. The van der Waals surface area contributed by atoms with E-state index in [1.165, 1.54) is 10.4 Å². The number of rotatable bonds is 5. The third-order valence-corrected chi connectivity index (χ3v) is 12.8. The van der Waals surface area contributed by atoms with Crippen LogP contribution in [0.2, 0.25) is 5.04 Å². The second kappa shape index (κ2) is 8.82. The molecule has 0 radical (unpaired) electrons. The summed E-state index contributed by atoms with van der Waals surface area (Å²) < 4.78 is 19.8. The van der Waals surface area contributed by atoms with Crippen LogP contribution >= 0.6 is 0 Å². The Balaban J connectivity index is 1.56. The van der Waals surface area contributed by atoms with Crippen LogP contribution in [0.4, 0.5) is 0 Å². The van der Waals surface area contributed by atoms with Gasteiger partial charge < -0.3 is 23.9 Å². The van der Waals surface area contributed by atoms with E-state index in [0.717, 1.165) is 0 Å². The molecule has 188 valence electrons. The molecule has 6 nitrogen and oxygen atoms in total. The van der Waals surface area contributed by atoms with Crippen molar-refractivity contribution < 1.29 is 23.8 Å². The topological polar surface area (TPSA) is 68.2 Å². The van der Waals surface area contributed by atoms with Gasteiger partial charge in [-0.25, -0.2) is 0 Å². The number of benzene rings is 2. The maximum Gasteiger partial charge on any atom is 0.261 e. The number of hydrogen-bond acceptors (Lipinski definition) is 5. The van der Waals surface area contributed by atoms with Crippen molar-refractivity contribution in [2.45, 2.75) is 88.7 Å². The van der Waals surface area contributed by atoms with Crippen molar-refractivity contribution in [2.24, 2.45) is 0 Å². The summed E-state index contributed by atoms with van der Waals surface area (Å²) in [7, 11) is -2.79. The van der Waals surface area contributed by atoms with Crippen LogP contribution < -0.4 is 10.4 Å². The molecule has 1 N–H and O–H groups in total. The lowest BCUT2D eigenvalue weighted by molar-refractivity contribution is -0.185. The summed E-state index contributed by atoms with van der Waals surface area (Å²) in [5.41, 5.74) is 0. The predicted molar refractivity (Wildman–Crippen MR) is 137 cm³/mol. The van der Waals surface area contributed by atoms with Gasteiger partial charge in [0.25, 0.3) is 8.32 Å². The highest BCUT2D eigenvalue weighted by Crippen LogP contribution is 2.45. The molecule has 3 fully saturated rings. The number of amides is 1. The molecule has 7 heteroatoms. The summed E-state index contributed by atoms with van der Waals surface area (Å²) in [6.07, 6.45) is -0.552. The molecule has 3 heterocycles. The number of aliphatic hydroxyl groups is 1. The Labute approximate surface area is 209 Å². The maximum atomic E-state index is 13.1. The largest absolute Gasteiger partial charge is 0.405 e. The Bertz CT molecular complexity index is 1010. The molecule has 3 aliphatic heterocycles. The number of piperidine rings is 1. The Hall–Kier alpha value is -2.03. The summed E-state index contributed by atoms with van der Waals surface area (Å²) >= 11 is 0. The minimum Gasteiger partial charge on any atom is -0.405 e. The molecule has 35 heavy (non-hydrogen) atoms. The first-order valence-electron chi connectivity index (χ1n) is 12.6. The van der Waals surface area contributed by atoms with Gasteiger partial charge in [-0.2, -0.15) is 0 Å². The zero-order chi connectivity index (χ0) is 25.0. The van der Waals surface area contributed by atoms with Crippen LogP contribution in [0, 0.1) is 0 Å². The van der Waals surface area contributed by atoms with Gasteiger partial charge in [0.05, 0.1) is 24.8 Å². The SMILES string of the molecule is CC1(C)O[C@@H]2[C@H](O1)[C@H]1[C@@H](O)CCC(=O)N1[C@H]2CO[Si](c1ccccc1)(c1ccccc1)C(C)(C)C. The Kier molecular flexibility index (Phi) is 6.21. The van der Waals surface area contributed by atoms with Crippen molar-refractivity contribution in [3.05, 3.63) is 60.7 Å². The molecule has 2 aromatic rings. The van der Waals surface area contributed by atoms with Gasteiger partial charge >= 0.3 is 0 Å². The Morgan fingerprint density at radius 2 is 1.54 bits per heavy atom. The van der Waals surface area contributed by atoms with Crippen molar-refractivity contribution in [3.63, 3.8) is 0 Å². The number of fused-ring (bicyclic) bond motifs is 3. The summed E-state index contributed by atoms with van der Waals surface area (Å²) in [5.74, 6) is -0.729. The number of aliphatic hydroxyl groups excluding tert-OH is 1. The number of hydrogen-bond donors (Lipinski definition) is 1. The zero-order valence-corrected chi connectivity index (χ0v) is 22.3. The van der Waals surface area contributed by atoms with E-state index >= 15 is 0 Å². The molecule has 5 rings (SSSR count). The normalized spacial score (nSPS) is 30.3. The highest BCUT2D eigenvalue weighted by atomic mass is 28.4. The van der Waals surface area contributed by atoms with Crippen LogP contribution in [0.3, 0.4) is 0 Å². The molecular weight excluding hydrogens is 458 g/mol. The van der Waals surface area contributed by atoms with E-state index in [2.05, 4.69) is 69.3 Å². The first-order chi connectivity index (χ1) is 16.6. The fourth-order valence-corrected chi connectivity index (χ4v) is 11.0. The van der Waals surface area contributed by atoms with Crippen LogP contribution in [-0.2, 0) is 18.7 Å². The summed E-state index contributed by atoms with van der Waals surface area (Å²) in [4.78, 5) is 15.0. The van der Waals surface area contributed by atoms with Crippen LogP contribution in [0.25, 0.3) is 0 Å². The van der Waals surface area contributed by atoms with Gasteiger partial charge in [0.1, 0.15) is 12.2 Å². The van der Waals surface area contributed by atoms with E-state index < -0.39 is 26.3 Å². The van der Waals surface area contributed by atoms with Gasteiger partial charge in [-0.15, -0.1) is 0 Å². The molecule has 0 aromatic heterocycles. The average Bonchev–Trinajstić information content (AvgIpc) is 3.28. The minimum absolute atomic E-state index is 0.0377. The molecule has 3 aliphatic rings. The third-order valence-electron chi connectivity index (χ3n) is 7.78. The number of ether oxygens (including phenoxy) is 2. The second-order valence-corrected chi connectivity index (χ2v) is 15.8. The first-order valence-corrected chi connectivity index (χ1v) is 14.6. The van der Waals surface area contributed by atoms with Gasteiger partial charge in [-0.3, -0.25) is 4.79 Å². The molecule has 5 atom stereocenters. The van der Waals surface area contributed by atoms with E-state index in [1.54, 1.807) is 0 Å². The van der Waals surface area contributed by atoms with Gasteiger partial charge in [-0.05, 0) is 35.7 Å². The third kappa shape index (κ3) is 4.07. The highest BCUT2D eigenvalue weighted by molar-refractivity contribution is 6.99. The summed E-state index contributed by atoms with van der Waals surface area (Å²) in [5, 5.41) is 13.1. The lowest BCUT2D eigenvalue weighted by atomic mass is 9.96. The van der Waals surface area contributed by atoms with Gasteiger partial charge in [0.2, 0.25) is 5.91 Å². The van der Waals surface area contributed by atoms with Crippen molar-refractivity contribution in [2.75, 3.05) is 6.61 Å². The molecule has 1 amide bonds. The van der Waals surface area contributed by atoms with E-state index in [4.69, 9.17) is 13.9 Å². The van der Waals surface area contributed by atoms with E-state index in [9.17, 15) is 9.90 Å². The molecule has 0 unspecified atom stereocenters. The van der Waals surface area contributed by atoms with E-state index in [1.807, 2.05) is 30.9 Å². The van der Waals surface area contributed by atoms with Gasteiger partial charge in [-0.1, -0.05) is 81.4 Å². The fourth-order valence-electron chi connectivity index (χ4n) is 6.39. The lowest BCUT2D eigenvalue weighted by Gasteiger charge is -2.45. The van der Waals surface area contributed by atoms with Crippen molar-refractivity contribution in [1.29, 1.82) is 0 Å². The van der Waals surface area contributed by atoms with E-state index in [0.29, 0.717) is 19.4 Å². The quantitative estimate of drug-likeness (QED) is 0.646. The van der Waals surface area contributed by atoms with Crippen LogP contribution in [0.5, 0.6) is 0 Å². The van der Waals surface area contributed by atoms with Crippen LogP contribution in [0.1, 0.15) is 47.5 Å². The highest BCUT2D eigenvalue weighted by Gasteiger charge is 2.62. The minimum atomic E-state index is -2.79. The number of carbonyl (C=O) groups excluding carboxylic acids is 1. The Morgan fingerprint density at radius 3 is 2.09 bits per heavy atom. The monoisotopic (exact) mass is 495 g/mol. The molecule has 3 saturated heterocycles. The van der Waals surface area contributed by atoms with Crippen molar-refractivity contribution in [1.82, 2.24) is 4.90 Å². The lowest BCUT2D eigenvalue weighted by Crippen LogP contribution is -2.67. The summed E-state index contributed by atoms with van der Waals surface area (Å²) in [6.45, 7) is 10.8. The second-order valence-electron chi connectivity index (χ2n) is 11.5. The summed E-state index contributed by atoms with van der Waals surface area (Å²) in [6, 6.07) is 20.3. The molecular formula is C28H37NO5Si. The average molecular weight is 496 g/mol. The van der Waals surface area contributed by atoms with Crippen molar-refractivity contribution >= 4 is 24.6 Å². The number of nitrogens with zero attached hydrogens (tertiary/aromatic N) is 1. The van der Waals surface area contributed by atoms with Crippen molar-refractivity contribution in [3.8, 4) is 0 Å². The van der Waals surface area contributed by atoms with Crippen LogP contribution in [-0.4, -0.2) is 67.0 Å². The zero-order valence-electron chi connectivity index (χ0n) is 21.3. The molecule has 0 spiro atoms. The molecule has 0 aliphatic carbocycles. The fraction of sp³-hybridized carbons (Fsp3) is 0.536. The van der Waals surface area contributed by atoms with Gasteiger partial charge in [0.15, 0.2) is 5.79 Å². The molecule has 0 bridgehead atoms. The number of carbonyl (C=O) groups is 1. The molecule has 0 saturated carbocycles. The molecule has 2 aromatic carbocycles.